The number of carbonyl (C=O) groups excluding carboxylic acids is 1. The predicted molar refractivity (Wildman–Crippen MR) is 50.5 cm³/mol. The molecule has 6 heteroatoms. The summed E-state index contributed by atoms with van der Waals surface area (Å²) in [4.78, 5) is 17.2. The van der Waals surface area contributed by atoms with Crippen molar-refractivity contribution in [1.29, 1.82) is 0 Å². The van der Waals surface area contributed by atoms with Crippen LogP contribution in [0.5, 0.6) is 0 Å². The number of hydrogen-bond donors (Lipinski definition) is 2. The van der Waals surface area contributed by atoms with Crippen molar-refractivity contribution in [1.82, 2.24) is 20.1 Å². The Labute approximate surface area is 81.5 Å². The van der Waals surface area contributed by atoms with Crippen LogP contribution in [0.15, 0.2) is 0 Å². The lowest BCUT2D eigenvalue weighted by atomic mass is 9.92. The van der Waals surface area contributed by atoms with Gasteiger partial charge in [-0.05, 0) is 19.3 Å². The molecule has 1 fully saturated rings. The quantitative estimate of drug-likeness (QED) is 0.695. The summed E-state index contributed by atoms with van der Waals surface area (Å²) >= 11 is 0. The highest BCUT2D eigenvalue weighted by atomic mass is 16.2. The summed E-state index contributed by atoms with van der Waals surface area (Å²) in [6.45, 7) is 0. The van der Waals surface area contributed by atoms with E-state index >= 15 is 0 Å². The van der Waals surface area contributed by atoms with Crippen LogP contribution in [0.3, 0.4) is 0 Å². The summed E-state index contributed by atoms with van der Waals surface area (Å²) in [5.41, 5.74) is 5.31. The highest BCUT2D eigenvalue weighted by Gasteiger charge is 2.27. The number of anilines is 1. The van der Waals surface area contributed by atoms with Crippen LogP contribution >= 0.6 is 0 Å². The molecule has 76 valence electrons. The molecule has 0 radical (unpaired) electrons. The van der Waals surface area contributed by atoms with Gasteiger partial charge in [0.15, 0.2) is 0 Å². The average Bonchev–Trinajstić information content (AvgIpc) is 2.47. The maximum atomic E-state index is 11.7. The summed E-state index contributed by atoms with van der Waals surface area (Å²) in [5.74, 6) is 0.186. The first-order chi connectivity index (χ1) is 6.68. The van der Waals surface area contributed by atoms with E-state index < -0.39 is 0 Å². The van der Waals surface area contributed by atoms with E-state index in [2.05, 4.69) is 15.2 Å². The lowest BCUT2D eigenvalue weighted by molar-refractivity contribution is 0.0640. The van der Waals surface area contributed by atoms with Gasteiger partial charge in [-0.3, -0.25) is 9.89 Å². The number of amides is 1. The lowest BCUT2D eigenvalue weighted by Gasteiger charge is -2.34. The minimum atomic E-state index is -0.140. The standard InChI is InChI=1S/C8H13N5O/c1-13(5-3-2-4-5)7(14)6-10-8(9)12-11-6/h5H,2-4H2,1H3,(H3,9,10,11,12). The van der Waals surface area contributed by atoms with Gasteiger partial charge in [0.1, 0.15) is 0 Å². The number of nitrogens with one attached hydrogen (secondary N) is 1. The minimum absolute atomic E-state index is 0.107. The molecule has 0 aliphatic heterocycles. The van der Waals surface area contributed by atoms with E-state index in [0.29, 0.717) is 6.04 Å². The van der Waals surface area contributed by atoms with Crippen LogP contribution < -0.4 is 5.73 Å². The molecular weight excluding hydrogens is 182 g/mol. The van der Waals surface area contributed by atoms with Gasteiger partial charge in [-0.25, -0.2) is 0 Å². The molecule has 0 spiro atoms. The van der Waals surface area contributed by atoms with Crippen LogP contribution in [0.2, 0.25) is 0 Å². The van der Waals surface area contributed by atoms with Gasteiger partial charge in [0.25, 0.3) is 5.91 Å². The molecule has 1 aromatic rings. The van der Waals surface area contributed by atoms with Gasteiger partial charge in [-0.1, -0.05) is 0 Å². The summed E-state index contributed by atoms with van der Waals surface area (Å²) in [6, 6.07) is 0.355. The zero-order valence-corrected chi connectivity index (χ0v) is 8.03. The van der Waals surface area contributed by atoms with Crippen molar-refractivity contribution < 1.29 is 4.79 Å². The van der Waals surface area contributed by atoms with E-state index in [1.807, 2.05) is 0 Å². The fourth-order valence-corrected chi connectivity index (χ4v) is 1.48. The summed E-state index contributed by atoms with van der Waals surface area (Å²) in [5, 5.41) is 6.13. The molecule has 1 saturated carbocycles. The Bertz CT molecular complexity index is 343. The van der Waals surface area contributed by atoms with Crippen molar-refractivity contribution in [3.05, 3.63) is 5.82 Å². The van der Waals surface area contributed by atoms with Crippen LogP contribution in [-0.4, -0.2) is 39.1 Å². The monoisotopic (exact) mass is 195 g/mol. The number of nitrogen functional groups attached to an aromatic ring is 1. The van der Waals surface area contributed by atoms with Crippen LogP contribution in [0.1, 0.15) is 29.9 Å². The van der Waals surface area contributed by atoms with Gasteiger partial charge in [0.05, 0.1) is 0 Å². The molecule has 1 aromatic heterocycles. The summed E-state index contributed by atoms with van der Waals surface area (Å²) < 4.78 is 0. The second-order valence-electron chi connectivity index (χ2n) is 3.54. The highest BCUT2D eigenvalue weighted by Crippen LogP contribution is 2.24. The number of hydrogen-bond acceptors (Lipinski definition) is 4. The molecule has 0 atom stereocenters. The third kappa shape index (κ3) is 1.43. The number of nitrogens with zero attached hydrogens (tertiary/aromatic N) is 3. The maximum absolute atomic E-state index is 11.7. The number of aromatic amines is 1. The molecule has 1 amide bonds. The third-order valence-electron chi connectivity index (χ3n) is 2.65. The normalized spacial score (nSPS) is 16.4. The minimum Gasteiger partial charge on any atom is -0.366 e. The number of carbonyl (C=O) groups is 1. The number of nitrogens with two attached hydrogens (primary N) is 1. The van der Waals surface area contributed by atoms with Gasteiger partial charge >= 0.3 is 0 Å². The predicted octanol–water partition coefficient (Wildman–Crippen LogP) is 0.0114. The Morgan fingerprint density at radius 2 is 2.36 bits per heavy atom. The second kappa shape index (κ2) is 3.28. The molecule has 1 heterocycles. The van der Waals surface area contributed by atoms with Crippen molar-refractivity contribution >= 4 is 11.9 Å². The van der Waals surface area contributed by atoms with Crippen molar-refractivity contribution in [3.63, 3.8) is 0 Å². The highest BCUT2D eigenvalue weighted by molar-refractivity contribution is 5.90. The fraction of sp³-hybridized carbons (Fsp3) is 0.625. The molecule has 0 aromatic carbocycles. The smallest absolute Gasteiger partial charge is 0.291 e. The molecule has 1 aliphatic carbocycles. The van der Waals surface area contributed by atoms with Crippen molar-refractivity contribution in [2.24, 2.45) is 0 Å². The van der Waals surface area contributed by atoms with Crippen molar-refractivity contribution in [2.75, 3.05) is 12.8 Å². The molecule has 14 heavy (non-hydrogen) atoms. The Morgan fingerprint density at radius 3 is 2.79 bits per heavy atom. The molecule has 0 saturated heterocycles. The van der Waals surface area contributed by atoms with E-state index in [1.165, 1.54) is 6.42 Å². The van der Waals surface area contributed by atoms with Crippen molar-refractivity contribution in [3.8, 4) is 0 Å². The Hall–Kier alpha value is -1.59. The Kier molecular flexibility index (Phi) is 2.11. The SMILES string of the molecule is CN(C(=O)c1nc(N)n[nH]1)C1CCC1. The van der Waals surface area contributed by atoms with E-state index in [4.69, 9.17) is 5.73 Å². The Balaban J connectivity index is 2.07. The molecule has 1 aliphatic rings. The lowest BCUT2D eigenvalue weighted by Crippen LogP contribution is -2.41. The van der Waals surface area contributed by atoms with Crippen LogP contribution in [0.4, 0.5) is 5.95 Å². The molecule has 2 rings (SSSR count). The molecular formula is C8H13N5O. The zero-order valence-electron chi connectivity index (χ0n) is 8.03. The molecule has 6 nitrogen and oxygen atoms in total. The average molecular weight is 195 g/mol. The number of aromatic nitrogens is 3. The van der Waals surface area contributed by atoms with E-state index in [1.54, 1.807) is 11.9 Å². The fourth-order valence-electron chi connectivity index (χ4n) is 1.48. The van der Waals surface area contributed by atoms with Crippen LogP contribution in [-0.2, 0) is 0 Å². The second-order valence-corrected chi connectivity index (χ2v) is 3.54. The van der Waals surface area contributed by atoms with Gasteiger partial charge in [-0.15, -0.1) is 5.10 Å². The van der Waals surface area contributed by atoms with Crippen LogP contribution in [0.25, 0.3) is 0 Å². The van der Waals surface area contributed by atoms with Crippen molar-refractivity contribution in [2.45, 2.75) is 25.3 Å². The van der Waals surface area contributed by atoms with Crippen LogP contribution in [0, 0.1) is 0 Å². The molecule has 0 unspecified atom stereocenters. The largest absolute Gasteiger partial charge is 0.366 e. The summed E-state index contributed by atoms with van der Waals surface area (Å²) in [6.07, 6.45) is 3.35. The Morgan fingerprint density at radius 1 is 1.64 bits per heavy atom. The number of H-pyrrole nitrogens is 1. The van der Waals surface area contributed by atoms with E-state index in [9.17, 15) is 4.79 Å². The zero-order chi connectivity index (χ0) is 10.1. The summed E-state index contributed by atoms with van der Waals surface area (Å²) in [7, 11) is 1.78. The third-order valence-corrected chi connectivity index (χ3v) is 2.65. The first kappa shape index (κ1) is 8.98. The van der Waals surface area contributed by atoms with Gasteiger partial charge in [0, 0.05) is 13.1 Å². The molecule has 0 bridgehead atoms. The first-order valence-corrected chi connectivity index (χ1v) is 4.63. The molecule has 3 N–H and O–H groups in total. The first-order valence-electron chi connectivity index (χ1n) is 4.63. The number of rotatable bonds is 2. The van der Waals surface area contributed by atoms with Gasteiger partial charge in [0.2, 0.25) is 11.8 Å². The topological polar surface area (TPSA) is 87.9 Å². The maximum Gasteiger partial charge on any atom is 0.291 e. The van der Waals surface area contributed by atoms with E-state index in [0.717, 1.165) is 12.8 Å². The van der Waals surface area contributed by atoms with Gasteiger partial charge in [-0.2, -0.15) is 4.98 Å². The van der Waals surface area contributed by atoms with E-state index in [-0.39, 0.29) is 17.7 Å². The van der Waals surface area contributed by atoms with Gasteiger partial charge < -0.3 is 10.6 Å².